The average molecular weight is 151 g/mol. The lowest BCUT2D eigenvalue weighted by Gasteiger charge is -1.92. The van der Waals surface area contributed by atoms with Crippen LogP contribution in [0, 0.1) is 5.53 Å². The minimum Gasteiger partial charge on any atom is -0.399 e. The molecule has 0 fully saturated rings. The number of nitrogens with two attached hydrogens (primary N) is 1. The molecule has 0 rings (SSSR count). The zero-order valence-corrected chi connectivity index (χ0v) is 6.89. The predicted octanol–water partition coefficient (Wildman–Crippen LogP) is 2.34. The van der Waals surface area contributed by atoms with Crippen LogP contribution in [0.25, 0.3) is 0 Å². The molecule has 0 aliphatic heterocycles. The van der Waals surface area contributed by atoms with E-state index in [0.29, 0.717) is 11.4 Å². The Bertz CT molecular complexity index is 223. The fourth-order valence-electron chi connectivity index (χ4n) is 0.696. The minimum absolute atomic E-state index is 0.511. The Morgan fingerprint density at radius 2 is 2.00 bits per heavy atom. The highest BCUT2D eigenvalue weighted by Crippen LogP contribution is 2.03. The highest BCUT2D eigenvalue weighted by molar-refractivity contribution is 5.26. The molecule has 60 valence electrons. The summed E-state index contributed by atoms with van der Waals surface area (Å²) in [5.74, 6) is 0. The van der Waals surface area contributed by atoms with E-state index in [1.165, 1.54) is 0 Å². The van der Waals surface area contributed by atoms with Crippen molar-refractivity contribution >= 4 is 0 Å². The molecule has 0 saturated heterocycles. The number of nitrogens with one attached hydrogen (secondary N) is 1. The molecular weight excluding hydrogens is 138 g/mol. The van der Waals surface area contributed by atoms with Crippen LogP contribution in [-0.2, 0) is 0 Å². The molecule has 3 heteroatoms. The van der Waals surface area contributed by atoms with Crippen LogP contribution in [-0.4, -0.2) is 0 Å². The SMILES string of the molecule is C=C(N)/C=C(C)\C=C(\C)N=N. The molecule has 0 saturated carbocycles. The lowest BCUT2D eigenvalue weighted by Crippen LogP contribution is -1.89. The Morgan fingerprint density at radius 3 is 2.36 bits per heavy atom. The first-order valence-electron chi connectivity index (χ1n) is 3.24. The first kappa shape index (κ1) is 9.62. The average Bonchev–Trinajstić information content (AvgIpc) is 1.85. The van der Waals surface area contributed by atoms with E-state index >= 15 is 0 Å². The Kier molecular flexibility index (Phi) is 3.88. The first-order valence-corrected chi connectivity index (χ1v) is 3.24. The van der Waals surface area contributed by atoms with Gasteiger partial charge in [-0.15, -0.1) is 0 Å². The fourth-order valence-corrected chi connectivity index (χ4v) is 0.696. The highest BCUT2D eigenvalue weighted by Gasteiger charge is 1.85. The Labute approximate surface area is 66.8 Å². The third-order valence-electron chi connectivity index (χ3n) is 1.03. The molecule has 0 amide bonds. The van der Waals surface area contributed by atoms with Crippen molar-refractivity contribution in [3.8, 4) is 0 Å². The van der Waals surface area contributed by atoms with Crippen molar-refractivity contribution in [2.24, 2.45) is 10.8 Å². The Hall–Kier alpha value is -1.38. The molecule has 0 aromatic rings. The lowest BCUT2D eigenvalue weighted by atomic mass is 10.2. The summed E-state index contributed by atoms with van der Waals surface area (Å²) < 4.78 is 0. The van der Waals surface area contributed by atoms with Gasteiger partial charge in [-0.25, -0.2) is 5.53 Å². The van der Waals surface area contributed by atoms with Crippen LogP contribution < -0.4 is 5.73 Å². The third kappa shape index (κ3) is 5.08. The number of hydrogen-bond donors (Lipinski definition) is 2. The quantitative estimate of drug-likeness (QED) is 0.472. The van der Waals surface area contributed by atoms with Gasteiger partial charge in [-0.05, 0) is 31.6 Å². The summed E-state index contributed by atoms with van der Waals surface area (Å²) in [5, 5.41) is 3.24. The van der Waals surface area contributed by atoms with Crippen LogP contribution in [0.3, 0.4) is 0 Å². The molecule has 0 heterocycles. The van der Waals surface area contributed by atoms with Gasteiger partial charge in [0.15, 0.2) is 0 Å². The summed E-state index contributed by atoms with van der Waals surface area (Å²) in [6.07, 6.45) is 3.50. The number of rotatable bonds is 3. The predicted molar refractivity (Wildman–Crippen MR) is 46.0 cm³/mol. The van der Waals surface area contributed by atoms with E-state index < -0.39 is 0 Å². The van der Waals surface area contributed by atoms with Crippen molar-refractivity contribution in [1.29, 1.82) is 5.53 Å². The maximum Gasteiger partial charge on any atom is 0.0595 e. The van der Waals surface area contributed by atoms with E-state index in [1.54, 1.807) is 19.1 Å². The van der Waals surface area contributed by atoms with Crippen molar-refractivity contribution < 1.29 is 0 Å². The smallest absolute Gasteiger partial charge is 0.0595 e. The van der Waals surface area contributed by atoms with Gasteiger partial charge < -0.3 is 5.73 Å². The zero-order chi connectivity index (χ0) is 8.85. The number of allylic oxidation sites excluding steroid dienone is 4. The summed E-state index contributed by atoms with van der Waals surface area (Å²) in [6.45, 7) is 7.16. The molecule has 0 atom stereocenters. The van der Waals surface area contributed by atoms with Gasteiger partial charge in [0.25, 0.3) is 0 Å². The summed E-state index contributed by atoms with van der Waals surface area (Å²) in [6, 6.07) is 0. The van der Waals surface area contributed by atoms with E-state index in [-0.39, 0.29) is 0 Å². The molecule has 0 aromatic carbocycles. The molecule has 11 heavy (non-hydrogen) atoms. The second-order valence-electron chi connectivity index (χ2n) is 2.36. The largest absolute Gasteiger partial charge is 0.399 e. The Morgan fingerprint density at radius 1 is 1.45 bits per heavy atom. The van der Waals surface area contributed by atoms with E-state index in [2.05, 4.69) is 11.7 Å². The maximum absolute atomic E-state index is 6.66. The Balaban J connectivity index is 4.38. The molecule has 0 aliphatic rings. The number of nitrogens with zero attached hydrogens (tertiary/aromatic N) is 1. The van der Waals surface area contributed by atoms with Gasteiger partial charge in [0.1, 0.15) is 0 Å². The van der Waals surface area contributed by atoms with Gasteiger partial charge in [-0.2, -0.15) is 5.11 Å². The molecule has 0 bridgehead atoms. The summed E-state index contributed by atoms with van der Waals surface area (Å²) in [5.41, 5.74) is 14.1. The monoisotopic (exact) mass is 151 g/mol. The van der Waals surface area contributed by atoms with Crippen molar-refractivity contribution in [2.75, 3.05) is 0 Å². The molecule has 3 nitrogen and oxygen atoms in total. The lowest BCUT2D eigenvalue weighted by molar-refractivity contribution is 1.05. The van der Waals surface area contributed by atoms with Crippen LogP contribution in [0.1, 0.15) is 13.8 Å². The highest BCUT2D eigenvalue weighted by atomic mass is 15.0. The third-order valence-corrected chi connectivity index (χ3v) is 1.03. The van der Waals surface area contributed by atoms with Crippen molar-refractivity contribution in [2.45, 2.75) is 13.8 Å². The van der Waals surface area contributed by atoms with E-state index in [0.717, 1.165) is 5.57 Å². The number of hydrogen-bond acceptors (Lipinski definition) is 3. The van der Waals surface area contributed by atoms with Crippen LogP contribution >= 0.6 is 0 Å². The second-order valence-corrected chi connectivity index (χ2v) is 2.36. The van der Waals surface area contributed by atoms with Crippen LogP contribution in [0.2, 0.25) is 0 Å². The van der Waals surface area contributed by atoms with Crippen molar-refractivity contribution in [3.63, 3.8) is 0 Å². The zero-order valence-electron chi connectivity index (χ0n) is 6.89. The van der Waals surface area contributed by atoms with Crippen molar-refractivity contribution in [3.05, 3.63) is 35.7 Å². The van der Waals surface area contributed by atoms with E-state index in [9.17, 15) is 0 Å². The van der Waals surface area contributed by atoms with Gasteiger partial charge in [-0.3, -0.25) is 0 Å². The summed E-state index contributed by atoms with van der Waals surface area (Å²) in [4.78, 5) is 0. The van der Waals surface area contributed by atoms with Gasteiger partial charge in [-0.1, -0.05) is 6.58 Å². The van der Waals surface area contributed by atoms with Crippen LogP contribution in [0.4, 0.5) is 0 Å². The maximum atomic E-state index is 6.66. The van der Waals surface area contributed by atoms with Gasteiger partial charge in [0, 0.05) is 5.70 Å². The molecule has 0 spiro atoms. The molecule has 0 radical (unpaired) electrons. The molecule has 0 aromatic heterocycles. The van der Waals surface area contributed by atoms with Crippen molar-refractivity contribution in [1.82, 2.24) is 0 Å². The normalized spacial score (nSPS) is 12.9. The standard InChI is InChI=1S/C8H13N3/c1-6(4-7(2)9)5-8(3)11-10/h4-5,10H,2,9H2,1,3H3/b6-4-,8-5-,11-10?. The molecule has 3 N–H and O–H groups in total. The fraction of sp³-hybridized carbons (Fsp3) is 0.250. The molecule has 0 unspecified atom stereocenters. The van der Waals surface area contributed by atoms with Crippen LogP contribution in [0.15, 0.2) is 40.8 Å². The van der Waals surface area contributed by atoms with Crippen LogP contribution in [0.5, 0.6) is 0 Å². The molecule has 0 aliphatic carbocycles. The molecular formula is C8H13N3. The van der Waals surface area contributed by atoms with E-state index in [4.69, 9.17) is 11.3 Å². The minimum atomic E-state index is 0.511. The van der Waals surface area contributed by atoms with E-state index in [1.807, 2.05) is 6.92 Å². The summed E-state index contributed by atoms with van der Waals surface area (Å²) >= 11 is 0. The van der Waals surface area contributed by atoms with Gasteiger partial charge in [0.2, 0.25) is 0 Å². The topological polar surface area (TPSA) is 62.2 Å². The summed E-state index contributed by atoms with van der Waals surface area (Å²) in [7, 11) is 0. The first-order chi connectivity index (χ1) is 5.06. The van der Waals surface area contributed by atoms with Gasteiger partial charge in [0.05, 0.1) is 5.70 Å². The second kappa shape index (κ2) is 4.44. The van der Waals surface area contributed by atoms with Gasteiger partial charge >= 0.3 is 0 Å².